The molecular formula is C11H18N2O2S2. The Morgan fingerprint density at radius 2 is 2.18 bits per heavy atom. The maximum absolute atomic E-state index is 12.5. The third kappa shape index (κ3) is 2.40. The van der Waals surface area contributed by atoms with Gasteiger partial charge in [-0.15, -0.1) is 11.3 Å². The van der Waals surface area contributed by atoms with E-state index in [9.17, 15) is 8.42 Å². The summed E-state index contributed by atoms with van der Waals surface area (Å²) in [6.45, 7) is 7.76. The molecule has 4 nitrogen and oxygen atoms in total. The molecule has 0 aromatic carbocycles. The van der Waals surface area contributed by atoms with Crippen LogP contribution in [-0.2, 0) is 10.0 Å². The summed E-state index contributed by atoms with van der Waals surface area (Å²) >= 11 is 1.37. The van der Waals surface area contributed by atoms with Gasteiger partial charge >= 0.3 is 0 Å². The Kier molecular flexibility index (Phi) is 3.58. The van der Waals surface area contributed by atoms with Crippen molar-refractivity contribution in [3.8, 4) is 0 Å². The summed E-state index contributed by atoms with van der Waals surface area (Å²) < 4.78 is 27.2. The van der Waals surface area contributed by atoms with Crippen molar-refractivity contribution in [2.75, 3.05) is 19.6 Å². The summed E-state index contributed by atoms with van der Waals surface area (Å²) in [5.74, 6) is 0. The molecule has 0 amide bonds. The lowest BCUT2D eigenvalue weighted by Crippen LogP contribution is -2.52. The topological polar surface area (TPSA) is 49.4 Å². The van der Waals surface area contributed by atoms with E-state index in [-0.39, 0.29) is 6.04 Å². The summed E-state index contributed by atoms with van der Waals surface area (Å²) in [5, 5.41) is 3.21. The Balaban J connectivity index is 2.39. The fourth-order valence-corrected chi connectivity index (χ4v) is 5.57. The van der Waals surface area contributed by atoms with Crippen LogP contribution in [0.25, 0.3) is 0 Å². The Bertz CT molecular complexity index is 508. The van der Waals surface area contributed by atoms with E-state index in [4.69, 9.17) is 0 Å². The van der Waals surface area contributed by atoms with Gasteiger partial charge in [0.05, 0.1) is 0 Å². The number of rotatable bonds is 2. The van der Waals surface area contributed by atoms with Gasteiger partial charge < -0.3 is 5.32 Å². The highest BCUT2D eigenvalue weighted by atomic mass is 32.2. The maximum Gasteiger partial charge on any atom is 0.253 e. The third-order valence-corrected chi connectivity index (χ3v) is 6.76. The molecule has 1 aliphatic rings. The third-order valence-electron chi connectivity index (χ3n) is 2.98. The first-order chi connectivity index (χ1) is 7.93. The van der Waals surface area contributed by atoms with Crippen LogP contribution in [0.3, 0.4) is 0 Å². The summed E-state index contributed by atoms with van der Waals surface area (Å²) in [5.41, 5.74) is 0.859. The second-order valence-electron chi connectivity index (χ2n) is 4.50. The molecule has 0 aliphatic carbocycles. The summed E-state index contributed by atoms with van der Waals surface area (Å²) in [7, 11) is -3.31. The van der Waals surface area contributed by atoms with Crippen molar-refractivity contribution in [3.05, 3.63) is 16.5 Å². The van der Waals surface area contributed by atoms with Crippen molar-refractivity contribution in [1.82, 2.24) is 9.62 Å². The lowest BCUT2D eigenvalue weighted by molar-refractivity contribution is 0.284. The van der Waals surface area contributed by atoms with E-state index < -0.39 is 10.0 Å². The first-order valence-corrected chi connectivity index (χ1v) is 7.98. The number of nitrogens with one attached hydrogen (secondary N) is 1. The molecule has 2 rings (SSSR count). The van der Waals surface area contributed by atoms with E-state index in [0.717, 1.165) is 23.5 Å². The average molecular weight is 274 g/mol. The quantitative estimate of drug-likeness (QED) is 0.885. The van der Waals surface area contributed by atoms with Crippen LogP contribution in [0.4, 0.5) is 0 Å². The van der Waals surface area contributed by atoms with E-state index in [1.54, 1.807) is 4.31 Å². The van der Waals surface area contributed by atoms with Crippen LogP contribution < -0.4 is 5.32 Å². The van der Waals surface area contributed by atoms with Crippen LogP contribution in [-0.4, -0.2) is 38.4 Å². The largest absolute Gasteiger partial charge is 0.314 e. The van der Waals surface area contributed by atoms with E-state index in [0.29, 0.717) is 10.8 Å². The van der Waals surface area contributed by atoms with Gasteiger partial charge in [0.2, 0.25) is 0 Å². The molecule has 0 spiro atoms. The number of piperazine rings is 1. The molecule has 2 heterocycles. The monoisotopic (exact) mass is 274 g/mol. The van der Waals surface area contributed by atoms with Crippen molar-refractivity contribution < 1.29 is 8.42 Å². The number of nitrogens with zero attached hydrogens (tertiary/aromatic N) is 1. The lowest BCUT2D eigenvalue weighted by atomic mass is 10.3. The van der Waals surface area contributed by atoms with E-state index >= 15 is 0 Å². The molecule has 6 heteroatoms. The molecule has 1 aliphatic heterocycles. The second kappa shape index (κ2) is 4.68. The summed E-state index contributed by atoms with van der Waals surface area (Å²) in [4.78, 5) is 1.05. The molecule has 1 aromatic rings. The van der Waals surface area contributed by atoms with Gasteiger partial charge in [-0.05, 0) is 32.4 Å². The van der Waals surface area contributed by atoms with Crippen molar-refractivity contribution in [2.24, 2.45) is 0 Å². The van der Waals surface area contributed by atoms with Gasteiger partial charge in [0.25, 0.3) is 10.0 Å². The summed E-state index contributed by atoms with van der Waals surface area (Å²) in [6, 6.07) is 1.96. The van der Waals surface area contributed by atoms with Crippen molar-refractivity contribution >= 4 is 21.4 Å². The molecule has 0 saturated carbocycles. The zero-order chi connectivity index (χ0) is 12.6. The SMILES string of the molecule is Cc1cc(C)c(S(=O)(=O)N2CCNCC2C)s1. The Hall–Kier alpha value is -0.430. The van der Waals surface area contributed by atoms with E-state index in [1.165, 1.54) is 11.3 Å². The lowest BCUT2D eigenvalue weighted by Gasteiger charge is -2.32. The molecule has 17 heavy (non-hydrogen) atoms. The van der Waals surface area contributed by atoms with Gasteiger partial charge in [-0.3, -0.25) is 0 Å². The molecule has 1 atom stereocenters. The molecule has 1 aromatic heterocycles. The number of aryl methyl sites for hydroxylation is 2. The Labute approximate surface area is 107 Å². The van der Waals surface area contributed by atoms with E-state index in [2.05, 4.69) is 5.32 Å². The number of hydrogen-bond donors (Lipinski definition) is 1. The molecule has 1 unspecified atom stereocenters. The highest BCUT2D eigenvalue weighted by molar-refractivity contribution is 7.91. The van der Waals surface area contributed by atoms with Crippen LogP contribution in [0.5, 0.6) is 0 Å². The van der Waals surface area contributed by atoms with Crippen molar-refractivity contribution in [1.29, 1.82) is 0 Å². The normalized spacial score (nSPS) is 22.9. The minimum Gasteiger partial charge on any atom is -0.314 e. The second-order valence-corrected chi connectivity index (χ2v) is 7.84. The highest BCUT2D eigenvalue weighted by Crippen LogP contribution is 2.29. The van der Waals surface area contributed by atoms with E-state index in [1.807, 2.05) is 26.8 Å². The van der Waals surface area contributed by atoms with Gasteiger partial charge in [0, 0.05) is 30.6 Å². The van der Waals surface area contributed by atoms with Crippen LogP contribution >= 0.6 is 11.3 Å². The van der Waals surface area contributed by atoms with Gasteiger partial charge in [0.1, 0.15) is 4.21 Å². The fourth-order valence-electron chi connectivity index (χ4n) is 2.16. The average Bonchev–Trinajstić information content (AvgIpc) is 2.59. The first-order valence-electron chi connectivity index (χ1n) is 5.72. The van der Waals surface area contributed by atoms with Gasteiger partial charge in [-0.1, -0.05) is 0 Å². The minimum absolute atomic E-state index is 0.0237. The van der Waals surface area contributed by atoms with Crippen LogP contribution in [0.15, 0.2) is 10.3 Å². The molecule has 1 saturated heterocycles. The predicted molar refractivity (Wildman–Crippen MR) is 70.0 cm³/mol. The Morgan fingerprint density at radius 3 is 2.71 bits per heavy atom. The smallest absolute Gasteiger partial charge is 0.253 e. The zero-order valence-electron chi connectivity index (χ0n) is 10.4. The summed E-state index contributed by atoms with van der Waals surface area (Å²) in [6.07, 6.45) is 0. The molecule has 1 N–H and O–H groups in total. The number of hydrogen-bond acceptors (Lipinski definition) is 4. The minimum atomic E-state index is -3.31. The molecular weight excluding hydrogens is 256 g/mol. The molecule has 0 bridgehead atoms. The molecule has 1 fully saturated rings. The van der Waals surface area contributed by atoms with Crippen LogP contribution in [0.2, 0.25) is 0 Å². The van der Waals surface area contributed by atoms with Crippen molar-refractivity contribution in [2.45, 2.75) is 31.0 Å². The van der Waals surface area contributed by atoms with Crippen LogP contribution in [0, 0.1) is 13.8 Å². The molecule has 96 valence electrons. The van der Waals surface area contributed by atoms with Gasteiger partial charge in [0.15, 0.2) is 0 Å². The number of thiophene rings is 1. The fraction of sp³-hybridized carbons (Fsp3) is 0.636. The van der Waals surface area contributed by atoms with Gasteiger partial charge in [-0.25, -0.2) is 8.42 Å². The maximum atomic E-state index is 12.5. The van der Waals surface area contributed by atoms with Gasteiger partial charge in [-0.2, -0.15) is 4.31 Å². The highest BCUT2D eigenvalue weighted by Gasteiger charge is 2.32. The molecule has 0 radical (unpaired) electrons. The predicted octanol–water partition coefficient (Wildman–Crippen LogP) is 1.35. The number of sulfonamides is 1. The zero-order valence-corrected chi connectivity index (χ0v) is 12.0. The van der Waals surface area contributed by atoms with Crippen molar-refractivity contribution in [3.63, 3.8) is 0 Å². The van der Waals surface area contributed by atoms with Crippen LogP contribution in [0.1, 0.15) is 17.4 Å². The standard InChI is InChI=1S/C11H18N2O2S2/c1-8-6-10(3)16-11(8)17(14,15)13-5-4-12-7-9(13)2/h6,9,12H,4-5,7H2,1-3H3. The Morgan fingerprint density at radius 1 is 1.47 bits per heavy atom. The first kappa shape index (κ1) is 13.0.